The number of carbonyl (C=O) groups is 2. The van der Waals surface area contributed by atoms with Crippen molar-refractivity contribution in [1.82, 2.24) is 14.9 Å². The summed E-state index contributed by atoms with van der Waals surface area (Å²) in [4.78, 5) is 36.8. The number of likely N-dealkylation sites (tertiary alicyclic amines) is 1. The normalized spacial score (nSPS) is 14.8. The Kier molecular flexibility index (Phi) is 6.23. The van der Waals surface area contributed by atoms with E-state index in [-0.39, 0.29) is 23.9 Å². The molecule has 0 spiro atoms. The molecule has 0 atom stereocenters. The number of urea groups is 1. The van der Waals surface area contributed by atoms with Gasteiger partial charge in [-0.05, 0) is 30.4 Å². The molecule has 1 aromatic carbocycles. The van der Waals surface area contributed by atoms with Gasteiger partial charge in [0.2, 0.25) is 5.91 Å². The molecular formula is C21H27N5O2. The molecule has 1 saturated heterocycles. The van der Waals surface area contributed by atoms with Crippen LogP contribution < -0.4 is 10.2 Å². The molecule has 7 nitrogen and oxygen atoms in total. The zero-order chi connectivity index (χ0) is 20.1. The van der Waals surface area contributed by atoms with E-state index in [4.69, 9.17) is 0 Å². The van der Waals surface area contributed by atoms with Gasteiger partial charge in [0.25, 0.3) is 0 Å². The molecule has 1 N–H and O–H groups in total. The smallest absolute Gasteiger partial charge is 0.327 e. The third-order valence-electron chi connectivity index (χ3n) is 5.11. The quantitative estimate of drug-likeness (QED) is 0.877. The van der Waals surface area contributed by atoms with Crippen LogP contribution in [-0.4, -0.2) is 45.9 Å². The molecule has 7 heteroatoms. The molecule has 2 heterocycles. The molecule has 1 aromatic heterocycles. The average molecular weight is 381 g/mol. The summed E-state index contributed by atoms with van der Waals surface area (Å²) in [5, 5.41) is 2.87. The minimum absolute atomic E-state index is 0.00664. The van der Waals surface area contributed by atoms with Crippen LogP contribution in [0.15, 0.2) is 42.9 Å². The van der Waals surface area contributed by atoms with Gasteiger partial charge in [-0.15, -0.1) is 0 Å². The van der Waals surface area contributed by atoms with Crippen molar-refractivity contribution >= 4 is 23.4 Å². The minimum atomic E-state index is -0.227. The van der Waals surface area contributed by atoms with E-state index < -0.39 is 0 Å². The van der Waals surface area contributed by atoms with Crippen LogP contribution in [-0.2, 0) is 4.79 Å². The van der Waals surface area contributed by atoms with Crippen molar-refractivity contribution in [3.63, 3.8) is 0 Å². The molecule has 0 bridgehead atoms. The Bertz CT molecular complexity index is 817. The third-order valence-corrected chi connectivity index (χ3v) is 5.11. The second kappa shape index (κ2) is 8.82. The van der Waals surface area contributed by atoms with Gasteiger partial charge in [0.05, 0.1) is 6.20 Å². The lowest BCUT2D eigenvalue weighted by molar-refractivity contribution is -0.129. The van der Waals surface area contributed by atoms with E-state index in [1.165, 1.54) is 6.20 Å². The Morgan fingerprint density at radius 1 is 1.18 bits per heavy atom. The first-order chi connectivity index (χ1) is 13.5. The standard InChI is InChI=1S/C21H27N5O2/c1-15(2)18-6-4-5-7-19(18)26(17-8-12-25(13-9-17)16(3)27)21(28)24-20-14-22-10-11-23-20/h4-7,10-11,14-15,17H,8-9,12-13H2,1-3H3,(H,23,24,28). The number of aromatic nitrogens is 2. The summed E-state index contributed by atoms with van der Waals surface area (Å²) in [6.45, 7) is 7.14. The number of anilines is 2. The first-order valence-corrected chi connectivity index (χ1v) is 9.68. The van der Waals surface area contributed by atoms with Crippen LogP contribution in [0.2, 0.25) is 0 Å². The molecule has 0 radical (unpaired) electrons. The molecule has 1 aliphatic rings. The van der Waals surface area contributed by atoms with Gasteiger partial charge in [0, 0.05) is 44.1 Å². The van der Waals surface area contributed by atoms with Crippen molar-refractivity contribution in [1.29, 1.82) is 0 Å². The Labute approximate surface area is 165 Å². The van der Waals surface area contributed by atoms with E-state index in [1.54, 1.807) is 19.3 Å². The third kappa shape index (κ3) is 4.47. The van der Waals surface area contributed by atoms with Gasteiger partial charge >= 0.3 is 6.03 Å². The van der Waals surface area contributed by atoms with E-state index in [0.29, 0.717) is 18.9 Å². The lowest BCUT2D eigenvalue weighted by Gasteiger charge is -2.39. The largest absolute Gasteiger partial charge is 0.343 e. The highest BCUT2D eigenvalue weighted by molar-refractivity contribution is 6.02. The number of nitrogens with zero attached hydrogens (tertiary/aromatic N) is 4. The molecule has 28 heavy (non-hydrogen) atoms. The van der Waals surface area contributed by atoms with Crippen molar-refractivity contribution < 1.29 is 9.59 Å². The number of hydrogen-bond acceptors (Lipinski definition) is 4. The molecule has 1 fully saturated rings. The van der Waals surface area contributed by atoms with Crippen molar-refractivity contribution in [2.75, 3.05) is 23.3 Å². The number of nitrogens with one attached hydrogen (secondary N) is 1. The first kappa shape index (κ1) is 19.8. The number of piperidine rings is 1. The van der Waals surface area contributed by atoms with Crippen LogP contribution in [0.25, 0.3) is 0 Å². The minimum Gasteiger partial charge on any atom is -0.343 e. The van der Waals surface area contributed by atoms with Gasteiger partial charge < -0.3 is 4.90 Å². The SMILES string of the molecule is CC(=O)N1CCC(N(C(=O)Nc2cnccn2)c2ccccc2C(C)C)CC1. The number of carbonyl (C=O) groups excluding carboxylic acids is 2. The Hall–Kier alpha value is -2.96. The van der Waals surface area contributed by atoms with Crippen LogP contribution in [0.3, 0.4) is 0 Å². The average Bonchev–Trinajstić information content (AvgIpc) is 2.69. The molecular weight excluding hydrogens is 354 g/mol. The van der Waals surface area contributed by atoms with Gasteiger partial charge in [0.15, 0.2) is 5.82 Å². The van der Waals surface area contributed by atoms with Crippen LogP contribution in [0.5, 0.6) is 0 Å². The van der Waals surface area contributed by atoms with Crippen LogP contribution in [0, 0.1) is 0 Å². The molecule has 0 aliphatic carbocycles. The summed E-state index contributed by atoms with van der Waals surface area (Å²) in [5.74, 6) is 0.776. The van der Waals surface area contributed by atoms with E-state index >= 15 is 0 Å². The summed E-state index contributed by atoms with van der Waals surface area (Å²) >= 11 is 0. The fourth-order valence-corrected chi connectivity index (χ4v) is 3.64. The van der Waals surface area contributed by atoms with E-state index in [1.807, 2.05) is 28.0 Å². The number of amides is 3. The maximum Gasteiger partial charge on any atom is 0.327 e. The van der Waals surface area contributed by atoms with Crippen LogP contribution >= 0.6 is 0 Å². The van der Waals surface area contributed by atoms with Gasteiger partial charge in [0.1, 0.15) is 0 Å². The summed E-state index contributed by atoms with van der Waals surface area (Å²) in [6.07, 6.45) is 6.12. The van der Waals surface area contributed by atoms with Gasteiger partial charge in [-0.3, -0.25) is 20.0 Å². The number of benzene rings is 1. The number of hydrogen-bond donors (Lipinski definition) is 1. The zero-order valence-electron chi connectivity index (χ0n) is 16.6. The van der Waals surface area contributed by atoms with Crippen LogP contribution in [0.1, 0.15) is 45.1 Å². The van der Waals surface area contributed by atoms with E-state index in [2.05, 4.69) is 35.2 Å². The molecule has 148 valence electrons. The zero-order valence-corrected chi connectivity index (χ0v) is 16.6. The fraction of sp³-hybridized carbons (Fsp3) is 0.429. The first-order valence-electron chi connectivity index (χ1n) is 9.68. The maximum absolute atomic E-state index is 13.3. The lowest BCUT2D eigenvalue weighted by atomic mass is 9.97. The van der Waals surface area contributed by atoms with Crippen molar-refractivity contribution in [2.24, 2.45) is 0 Å². The Morgan fingerprint density at radius 2 is 1.89 bits per heavy atom. The molecule has 3 rings (SSSR count). The molecule has 1 aliphatic heterocycles. The predicted octanol–water partition coefficient (Wildman–Crippen LogP) is 3.65. The highest BCUT2D eigenvalue weighted by atomic mass is 16.2. The van der Waals surface area contributed by atoms with E-state index in [9.17, 15) is 9.59 Å². The van der Waals surface area contributed by atoms with Gasteiger partial charge in [-0.25, -0.2) is 9.78 Å². The maximum atomic E-state index is 13.3. The molecule has 2 aromatic rings. The van der Waals surface area contributed by atoms with Gasteiger partial charge in [-0.2, -0.15) is 0 Å². The predicted molar refractivity (Wildman–Crippen MR) is 109 cm³/mol. The highest BCUT2D eigenvalue weighted by Crippen LogP contribution is 2.32. The summed E-state index contributed by atoms with van der Waals surface area (Å²) in [7, 11) is 0. The van der Waals surface area contributed by atoms with Crippen LogP contribution in [0.4, 0.5) is 16.3 Å². The second-order valence-electron chi connectivity index (χ2n) is 7.34. The van der Waals surface area contributed by atoms with Gasteiger partial charge in [-0.1, -0.05) is 32.0 Å². The number of para-hydroxylation sites is 1. The topological polar surface area (TPSA) is 78.4 Å². The highest BCUT2D eigenvalue weighted by Gasteiger charge is 2.31. The fourth-order valence-electron chi connectivity index (χ4n) is 3.64. The molecule has 0 unspecified atom stereocenters. The number of rotatable bonds is 4. The Balaban J connectivity index is 1.91. The summed E-state index contributed by atoms with van der Waals surface area (Å²) in [5.41, 5.74) is 2.02. The van der Waals surface area contributed by atoms with Crippen molar-refractivity contribution in [2.45, 2.75) is 45.6 Å². The van der Waals surface area contributed by atoms with Crippen molar-refractivity contribution in [3.8, 4) is 0 Å². The lowest BCUT2D eigenvalue weighted by Crippen LogP contribution is -2.50. The van der Waals surface area contributed by atoms with E-state index in [0.717, 1.165) is 24.1 Å². The second-order valence-corrected chi connectivity index (χ2v) is 7.34. The Morgan fingerprint density at radius 3 is 2.50 bits per heavy atom. The summed E-state index contributed by atoms with van der Waals surface area (Å²) in [6, 6.07) is 7.78. The summed E-state index contributed by atoms with van der Waals surface area (Å²) < 4.78 is 0. The van der Waals surface area contributed by atoms with Crippen molar-refractivity contribution in [3.05, 3.63) is 48.4 Å². The molecule has 0 saturated carbocycles. The molecule has 3 amide bonds. The monoisotopic (exact) mass is 381 g/mol.